The third-order valence-electron chi connectivity index (χ3n) is 6.48. The maximum absolute atomic E-state index is 12.2. The third kappa shape index (κ3) is 5.37. The molecule has 1 aromatic heterocycles. The smallest absolute Gasteiger partial charge is 0.388 e. The van der Waals surface area contributed by atoms with Crippen molar-refractivity contribution < 1.29 is 17.9 Å². The second-order valence-corrected chi connectivity index (χ2v) is 8.16. The van der Waals surface area contributed by atoms with Gasteiger partial charge in [-0.15, -0.1) is 13.2 Å². The van der Waals surface area contributed by atoms with Gasteiger partial charge in [0.25, 0.3) is 0 Å². The highest BCUT2D eigenvalue weighted by Crippen LogP contribution is 2.44. The molecule has 26 heavy (non-hydrogen) atoms. The highest BCUT2D eigenvalue weighted by atomic mass is 19.4. The Morgan fingerprint density at radius 3 is 2.08 bits per heavy atom. The summed E-state index contributed by atoms with van der Waals surface area (Å²) < 4.78 is 40.5. The third-order valence-corrected chi connectivity index (χ3v) is 6.48. The molecule has 0 radical (unpaired) electrons. The lowest BCUT2D eigenvalue weighted by molar-refractivity contribution is -0.276. The topological polar surface area (TPSA) is 22.1 Å². The van der Waals surface area contributed by atoms with Crippen LogP contribution in [0.4, 0.5) is 13.2 Å². The first-order chi connectivity index (χ1) is 12.4. The van der Waals surface area contributed by atoms with E-state index in [0.717, 1.165) is 36.2 Å². The van der Waals surface area contributed by atoms with Crippen molar-refractivity contribution >= 4 is 0 Å². The van der Waals surface area contributed by atoms with Gasteiger partial charge in [0, 0.05) is 12.3 Å². The van der Waals surface area contributed by atoms with E-state index in [9.17, 15) is 13.2 Å². The fourth-order valence-corrected chi connectivity index (χ4v) is 5.09. The fourth-order valence-electron chi connectivity index (χ4n) is 5.09. The van der Waals surface area contributed by atoms with Crippen LogP contribution >= 0.6 is 0 Å². The minimum atomic E-state index is -4.68. The zero-order chi connectivity index (χ0) is 18.6. The van der Waals surface area contributed by atoms with Crippen molar-refractivity contribution in [2.24, 2.45) is 17.8 Å². The minimum absolute atomic E-state index is 0.376. The first-order valence-corrected chi connectivity index (χ1v) is 10.2. The van der Waals surface area contributed by atoms with Crippen molar-refractivity contribution in [2.45, 2.75) is 83.4 Å². The molecular weight excluding hydrogens is 339 g/mol. The molecule has 0 atom stereocenters. The molecule has 2 aliphatic rings. The Morgan fingerprint density at radius 2 is 1.58 bits per heavy atom. The molecule has 0 amide bonds. The largest absolute Gasteiger partial charge is 0.574 e. The first-order valence-electron chi connectivity index (χ1n) is 10.2. The van der Waals surface area contributed by atoms with Crippen LogP contribution in [0.1, 0.15) is 82.6 Å². The number of alkyl halides is 3. The molecule has 1 heterocycles. The molecule has 2 nitrogen and oxygen atoms in total. The van der Waals surface area contributed by atoms with Gasteiger partial charge in [0.1, 0.15) is 0 Å². The van der Waals surface area contributed by atoms with E-state index in [1.165, 1.54) is 57.4 Å². The molecule has 5 heteroatoms. The summed E-state index contributed by atoms with van der Waals surface area (Å²) in [5, 5.41) is 0. The molecule has 0 saturated heterocycles. The summed E-state index contributed by atoms with van der Waals surface area (Å²) in [6.07, 6.45) is 9.92. The molecule has 2 fully saturated rings. The van der Waals surface area contributed by atoms with Gasteiger partial charge in [-0.3, -0.25) is 0 Å². The Balaban J connectivity index is 1.46. The number of nitrogens with zero attached hydrogens (tertiary/aromatic N) is 1. The van der Waals surface area contributed by atoms with Crippen molar-refractivity contribution in [3.05, 3.63) is 23.9 Å². The van der Waals surface area contributed by atoms with Gasteiger partial charge in [0.05, 0.1) is 0 Å². The van der Waals surface area contributed by atoms with E-state index in [2.05, 4.69) is 16.6 Å². The monoisotopic (exact) mass is 369 g/mol. The van der Waals surface area contributed by atoms with Crippen LogP contribution in [-0.2, 0) is 0 Å². The van der Waals surface area contributed by atoms with Crippen molar-refractivity contribution in [2.75, 3.05) is 0 Å². The van der Waals surface area contributed by atoms with Crippen LogP contribution in [0.5, 0.6) is 5.88 Å². The lowest BCUT2D eigenvalue weighted by atomic mass is 9.68. The minimum Gasteiger partial charge on any atom is -0.388 e. The van der Waals surface area contributed by atoms with E-state index in [1.54, 1.807) is 12.3 Å². The number of pyridine rings is 1. The van der Waals surface area contributed by atoms with Crippen LogP contribution in [0.25, 0.3) is 0 Å². The Morgan fingerprint density at radius 1 is 0.962 bits per heavy atom. The van der Waals surface area contributed by atoms with E-state index in [0.29, 0.717) is 5.92 Å². The predicted molar refractivity (Wildman–Crippen MR) is 96.0 cm³/mol. The van der Waals surface area contributed by atoms with Crippen LogP contribution in [0, 0.1) is 17.8 Å². The fraction of sp³-hybridized carbons (Fsp3) is 0.762. The average Bonchev–Trinajstić information content (AvgIpc) is 2.62. The molecule has 0 N–H and O–H groups in total. The van der Waals surface area contributed by atoms with Crippen molar-refractivity contribution in [3.8, 4) is 5.88 Å². The van der Waals surface area contributed by atoms with Crippen molar-refractivity contribution in [1.82, 2.24) is 4.98 Å². The molecule has 146 valence electrons. The summed E-state index contributed by atoms with van der Waals surface area (Å²) in [5.74, 6) is 2.74. The summed E-state index contributed by atoms with van der Waals surface area (Å²) in [6, 6.07) is 3.08. The van der Waals surface area contributed by atoms with Gasteiger partial charge < -0.3 is 4.74 Å². The Kier molecular flexibility index (Phi) is 6.46. The number of rotatable bonds is 5. The Labute approximate surface area is 154 Å². The van der Waals surface area contributed by atoms with Gasteiger partial charge >= 0.3 is 6.36 Å². The Hall–Kier alpha value is -1.26. The van der Waals surface area contributed by atoms with Crippen LogP contribution in [0.15, 0.2) is 18.3 Å². The van der Waals surface area contributed by atoms with E-state index < -0.39 is 6.36 Å². The zero-order valence-corrected chi connectivity index (χ0v) is 15.6. The molecule has 0 spiro atoms. The van der Waals surface area contributed by atoms with Gasteiger partial charge in [-0.2, -0.15) is 0 Å². The van der Waals surface area contributed by atoms with Gasteiger partial charge in [-0.05, 0) is 67.8 Å². The van der Waals surface area contributed by atoms with Crippen molar-refractivity contribution in [1.29, 1.82) is 0 Å². The molecule has 0 unspecified atom stereocenters. The second-order valence-electron chi connectivity index (χ2n) is 8.16. The standard InChI is InChI=1S/C21H30F3NO/c1-2-3-15-4-6-16(7-5-15)17-8-10-18(11-9-17)19-12-13-20(25-14-19)26-21(22,23)24/h12-18H,2-11H2,1H3/t15-,16-,17?,18?. The summed E-state index contributed by atoms with van der Waals surface area (Å²) >= 11 is 0. The summed E-state index contributed by atoms with van der Waals surface area (Å²) in [5.41, 5.74) is 1.05. The van der Waals surface area contributed by atoms with Gasteiger partial charge in [0.2, 0.25) is 5.88 Å². The zero-order valence-electron chi connectivity index (χ0n) is 15.6. The van der Waals surface area contributed by atoms with Crippen LogP contribution in [0.3, 0.4) is 0 Å². The van der Waals surface area contributed by atoms with Gasteiger partial charge in [0.15, 0.2) is 0 Å². The van der Waals surface area contributed by atoms with E-state index in [4.69, 9.17) is 0 Å². The number of hydrogen-bond donors (Lipinski definition) is 0. The maximum atomic E-state index is 12.2. The molecule has 1 aromatic rings. The highest BCUT2D eigenvalue weighted by Gasteiger charge is 2.33. The lowest BCUT2D eigenvalue weighted by Crippen LogP contribution is -2.25. The molecule has 3 rings (SSSR count). The quantitative estimate of drug-likeness (QED) is 0.565. The highest BCUT2D eigenvalue weighted by molar-refractivity contribution is 5.22. The number of hydrogen-bond acceptors (Lipinski definition) is 2. The van der Waals surface area contributed by atoms with E-state index in [-0.39, 0.29) is 5.88 Å². The SMILES string of the molecule is CCC[C@H]1CC[C@H](C2CCC(c3ccc(OC(F)(F)F)nc3)CC2)CC1. The molecule has 2 aliphatic carbocycles. The molecule has 2 saturated carbocycles. The normalized spacial score (nSPS) is 30.2. The predicted octanol–water partition coefficient (Wildman–Crippen LogP) is 6.86. The first kappa shape index (κ1) is 19.5. The summed E-state index contributed by atoms with van der Waals surface area (Å²) in [4.78, 5) is 3.83. The Bertz CT molecular complexity index is 541. The summed E-state index contributed by atoms with van der Waals surface area (Å²) in [7, 11) is 0. The van der Waals surface area contributed by atoms with E-state index in [1.807, 2.05) is 0 Å². The lowest BCUT2D eigenvalue weighted by Gasteiger charge is -2.38. The van der Waals surface area contributed by atoms with Gasteiger partial charge in [-0.1, -0.05) is 38.7 Å². The molecule has 0 aliphatic heterocycles. The second kappa shape index (κ2) is 8.62. The van der Waals surface area contributed by atoms with Gasteiger partial charge in [-0.25, -0.2) is 4.98 Å². The summed E-state index contributed by atoms with van der Waals surface area (Å²) in [6.45, 7) is 2.28. The molecular formula is C21H30F3NO. The molecule has 0 bridgehead atoms. The number of halogens is 3. The number of ether oxygens (including phenoxy) is 1. The number of aromatic nitrogens is 1. The van der Waals surface area contributed by atoms with Crippen LogP contribution in [-0.4, -0.2) is 11.3 Å². The molecule has 0 aromatic carbocycles. The van der Waals surface area contributed by atoms with Crippen LogP contribution < -0.4 is 4.74 Å². The average molecular weight is 369 g/mol. The van der Waals surface area contributed by atoms with Crippen molar-refractivity contribution in [3.63, 3.8) is 0 Å². The maximum Gasteiger partial charge on any atom is 0.574 e. The van der Waals surface area contributed by atoms with E-state index >= 15 is 0 Å². The van der Waals surface area contributed by atoms with Crippen LogP contribution in [0.2, 0.25) is 0 Å².